The summed E-state index contributed by atoms with van der Waals surface area (Å²) in [7, 11) is 0. The van der Waals surface area contributed by atoms with Crippen LogP contribution in [-0.4, -0.2) is 34.0 Å². The number of nitrogens with zero attached hydrogens (tertiary/aromatic N) is 2. The number of hydrogen-bond donors (Lipinski definition) is 1. The Kier molecular flexibility index (Phi) is 4.78. The minimum absolute atomic E-state index is 0.335. The monoisotopic (exact) mass is 330 g/mol. The Morgan fingerprint density at radius 3 is 2.91 bits per heavy atom. The summed E-state index contributed by atoms with van der Waals surface area (Å²) in [5, 5.41) is 10.1. The zero-order chi connectivity index (χ0) is 16.4. The van der Waals surface area contributed by atoms with Crippen LogP contribution in [0.4, 0.5) is 0 Å². The Balaban J connectivity index is 1.88. The molecule has 1 unspecified atom stereocenters. The van der Waals surface area contributed by atoms with Crippen molar-refractivity contribution in [3.63, 3.8) is 0 Å². The van der Waals surface area contributed by atoms with Crippen molar-refractivity contribution in [2.45, 2.75) is 33.2 Å². The lowest BCUT2D eigenvalue weighted by atomic mass is 9.99. The summed E-state index contributed by atoms with van der Waals surface area (Å²) in [6.07, 6.45) is 2.56. The van der Waals surface area contributed by atoms with E-state index in [1.165, 1.54) is 29.7 Å². The molecule has 1 aromatic carbocycles. The van der Waals surface area contributed by atoms with Crippen molar-refractivity contribution in [1.82, 2.24) is 9.88 Å². The number of hydrogen-bond acceptors (Lipinski definition) is 4. The van der Waals surface area contributed by atoms with E-state index in [0.717, 1.165) is 36.1 Å². The summed E-state index contributed by atoms with van der Waals surface area (Å²) in [6.45, 7) is 7.24. The van der Waals surface area contributed by atoms with Gasteiger partial charge >= 0.3 is 5.97 Å². The molecule has 1 fully saturated rings. The van der Waals surface area contributed by atoms with Gasteiger partial charge < -0.3 is 5.11 Å². The number of carboxylic acids is 1. The first-order chi connectivity index (χ1) is 11.0. The van der Waals surface area contributed by atoms with Gasteiger partial charge in [0, 0.05) is 18.7 Å². The Morgan fingerprint density at radius 2 is 2.22 bits per heavy atom. The topological polar surface area (TPSA) is 53.4 Å². The third kappa shape index (κ3) is 3.62. The predicted octanol–water partition coefficient (Wildman–Crippen LogP) is 4.05. The van der Waals surface area contributed by atoms with Gasteiger partial charge in [0.15, 0.2) is 0 Å². The highest BCUT2D eigenvalue weighted by atomic mass is 32.1. The Hall–Kier alpha value is -1.72. The lowest BCUT2D eigenvalue weighted by Crippen LogP contribution is -2.33. The summed E-state index contributed by atoms with van der Waals surface area (Å²) >= 11 is 1.27. The molecule has 0 radical (unpaired) electrons. The molecule has 0 amide bonds. The van der Waals surface area contributed by atoms with Gasteiger partial charge in [-0.05, 0) is 37.8 Å². The number of aromatic nitrogens is 1. The molecule has 1 aliphatic heterocycles. The third-order valence-electron chi connectivity index (χ3n) is 4.37. The van der Waals surface area contributed by atoms with Gasteiger partial charge in [0.05, 0.1) is 5.69 Å². The average Bonchev–Trinajstić information content (AvgIpc) is 2.90. The van der Waals surface area contributed by atoms with Gasteiger partial charge in [-0.1, -0.05) is 31.2 Å². The van der Waals surface area contributed by atoms with Crippen LogP contribution >= 0.6 is 11.3 Å². The summed E-state index contributed by atoms with van der Waals surface area (Å²) in [5.41, 5.74) is 2.89. The molecule has 2 heterocycles. The van der Waals surface area contributed by atoms with Crippen molar-refractivity contribution in [2.75, 3.05) is 13.1 Å². The van der Waals surface area contributed by atoms with Crippen LogP contribution in [-0.2, 0) is 6.54 Å². The first-order valence-corrected chi connectivity index (χ1v) is 8.87. The molecule has 23 heavy (non-hydrogen) atoms. The van der Waals surface area contributed by atoms with E-state index in [1.54, 1.807) is 6.92 Å². The van der Waals surface area contributed by atoms with Gasteiger partial charge in [-0.3, -0.25) is 4.90 Å². The molecule has 122 valence electrons. The molecule has 4 nitrogen and oxygen atoms in total. The first kappa shape index (κ1) is 16.1. The fourth-order valence-electron chi connectivity index (χ4n) is 3.25. The maximum Gasteiger partial charge on any atom is 0.347 e. The second-order valence-electron chi connectivity index (χ2n) is 6.38. The van der Waals surface area contributed by atoms with Gasteiger partial charge in [-0.2, -0.15) is 0 Å². The van der Waals surface area contributed by atoms with Crippen LogP contribution in [0.2, 0.25) is 0 Å². The van der Waals surface area contributed by atoms with Gasteiger partial charge in [0.25, 0.3) is 0 Å². The Labute approximate surface area is 140 Å². The maximum absolute atomic E-state index is 11.3. The highest BCUT2D eigenvalue weighted by Crippen LogP contribution is 2.31. The number of aryl methyl sites for hydroxylation is 1. The summed E-state index contributed by atoms with van der Waals surface area (Å²) in [5.74, 6) is -0.148. The minimum atomic E-state index is -0.895. The molecule has 1 saturated heterocycles. The van der Waals surface area contributed by atoms with Crippen molar-refractivity contribution in [1.29, 1.82) is 0 Å². The van der Waals surface area contributed by atoms with E-state index < -0.39 is 5.97 Å². The highest BCUT2D eigenvalue weighted by Gasteiger charge is 2.20. The van der Waals surface area contributed by atoms with Crippen LogP contribution in [0.15, 0.2) is 24.3 Å². The molecule has 1 atom stereocenters. The van der Waals surface area contributed by atoms with Crippen LogP contribution < -0.4 is 0 Å². The zero-order valence-electron chi connectivity index (χ0n) is 13.6. The molecule has 0 saturated carbocycles. The van der Waals surface area contributed by atoms with E-state index in [2.05, 4.69) is 22.9 Å². The highest BCUT2D eigenvalue weighted by molar-refractivity contribution is 7.17. The van der Waals surface area contributed by atoms with E-state index in [1.807, 2.05) is 18.2 Å². The molecular weight excluding hydrogens is 308 g/mol. The molecule has 1 aliphatic rings. The molecule has 0 bridgehead atoms. The summed E-state index contributed by atoms with van der Waals surface area (Å²) < 4.78 is 0. The first-order valence-electron chi connectivity index (χ1n) is 8.06. The molecular formula is C18H22N2O2S. The van der Waals surface area contributed by atoms with E-state index in [9.17, 15) is 9.90 Å². The molecule has 3 rings (SSSR count). The van der Waals surface area contributed by atoms with Crippen molar-refractivity contribution in [2.24, 2.45) is 5.92 Å². The lowest BCUT2D eigenvalue weighted by Gasteiger charge is -2.31. The Bertz CT molecular complexity index is 711. The third-order valence-corrected chi connectivity index (χ3v) is 5.55. The largest absolute Gasteiger partial charge is 0.477 e. The maximum atomic E-state index is 11.3. The summed E-state index contributed by atoms with van der Waals surface area (Å²) in [6, 6.07) is 8.22. The molecule has 1 N–H and O–H groups in total. The lowest BCUT2D eigenvalue weighted by molar-refractivity contribution is 0.0701. The van der Waals surface area contributed by atoms with Gasteiger partial charge in [0.2, 0.25) is 0 Å². The average molecular weight is 330 g/mol. The SMILES string of the molecule is Cc1nc(-c2ccccc2CN2CCCC(C)C2)sc1C(=O)O. The van der Waals surface area contributed by atoms with Crippen LogP contribution in [0.1, 0.15) is 40.7 Å². The standard InChI is InChI=1S/C18H22N2O2S/c1-12-6-5-9-20(10-12)11-14-7-3-4-8-15(14)17-19-13(2)16(23-17)18(21)22/h3-4,7-8,12H,5-6,9-11H2,1-2H3,(H,21,22). The zero-order valence-corrected chi connectivity index (χ0v) is 14.4. The second-order valence-corrected chi connectivity index (χ2v) is 7.38. The Morgan fingerprint density at radius 1 is 1.43 bits per heavy atom. The number of likely N-dealkylation sites (tertiary alicyclic amines) is 1. The summed E-state index contributed by atoms with van der Waals surface area (Å²) in [4.78, 5) is 18.6. The second kappa shape index (κ2) is 6.81. The van der Waals surface area contributed by atoms with Gasteiger partial charge in [-0.25, -0.2) is 9.78 Å². The number of carboxylic acid groups (broad SMARTS) is 1. The number of piperidine rings is 1. The number of benzene rings is 1. The van der Waals surface area contributed by atoms with Crippen molar-refractivity contribution in [3.8, 4) is 10.6 Å². The van der Waals surface area contributed by atoms with Crippen molar-refractivity contribution < 1.29 is 9.90 Å². The molecule has 0 aliphatic carbocycles. The number of aromatic carboxylic acids is 1. The normalized spacial score (nSPS) is 19.0. The predicted molar refractivity (Wildman–Crippen MR) is 92.9 cm³/mol. The molecule has 5 heteroatoms. The quantitative estimate of drug-likeness (QED) is 0.919. The molecule has 2 aromatic rings. The van der Waals surface area contributed by atoms with Crippen LogP contribution in [0.3, 0.4) is 0 Å². The van der Waals surface area contributed by atoms with E-state index in [-0.39, 0.29) is 0 Å². The fraction of sp³-hybridized carbons (Fsp3) is 0.444. The number of thiazole rings is 1. The fourth-order valence-corrected chi connectivity index (χ4v) is 4.21. The van der Waals surface area contributed by atoms with E-state index in [0.29, 0.717) is 10.6 Å². The number of carbonyl (C=O) groups is 1. The minimum Gasteiger partial charge on any atom is -0.477 e. The van der Waals surface area contributed by atoms with E-state index in [4.69, 9.17) is 0 Å². The smallest absolute Gasteiger partial charge is 0.347 e. The van der Waals surface area contributed by atoms with Crippen molar-refractivity contribution in [3.05, 3.63) is 40.4 Å². The van der Waals surface area contributed by atoms with Crippen LogP contribution in [0, 0.1) is 12.8 Å². The van der Waals surface area contributed by atoms with E-state index >= 15 is 0 Å². The van der Waals surface area contributed by atoms with Gasteiger partial charge in [-0.15, -0.1) is 11.3 Å². The van der Waals surface area contributed by atoms with Crippen molar-refractivity contribution >= 4 is 17.3 Å². The van der Waals surface area contributed by atoms with Crippen LogP contribution in [0.5, 0.6) is 0 Å². The van der Waals surface area contributed by atoms with Gasteiger partial charge in [0.1, 0.15) is 9.88 Å². The molecule has 0 spiro atoms. The number of rotatable bonds is 4. The van der Waals surface area contributed by atoms with Crippen LogP contribution in [0.25, 0.3) is 10.6 Å². The molecule has 1 aromatic heterocycles.